The number of methoxy groups -OCH3 is 1. The zero-order valence-corrected chi connectivity index (χ0v) is 20.1. The molecule has 3 rings (SSSR count). The van der Waals surface area contributed by atoms with Crippen LogP contribution in [0.3, 0.4) is 0 Å². The van der Waals surface area contributed by atoms with Gasteiger partial charge in [-0.25, -0.2) is 0 Å². The van der Waals surface area contributed by atoms with Gasteiger partial charge in [0.25, 0.3) is 11.8 Å². The number of esters is 1. The molecule has 0 fully saturated rings. The van der Waals surface area contributed by atoms with Gasteiger partial charge in [0.2, 0.25) is 0 Å². The molecule has 0 bridgehead atoms. The van der Waals surface area contributed by atoms with Crippen molar-refractivity contribution in [3.63, 3.8) is 0 Å². The van der Waals surface area contributed by atoms with E-state index in [2.05, 4.69) is 52.2 Å². The summed E-state index contributed by atoms with van der Waals surface area (Å²) in [6.07, 6.45) is 0. The number of halogens is 2. The number of aromatic amines is 1. The molecule has 3 N–H and O–H groups in total. The lowest BCUT2D eigenvalue weighted by atomic mass is 10.1. The summed E-state index contributed by atoms with van der Waals surface area (Å²) in [5.41, 5.74) is 1.90. The summed E-state index contributed by atoms with van der Waals surface area (Å²) in [5, 5.41) is 5.25. The number of amides is 2. The van der Waals surface area contributed by atoms with Gasteiger partial charge in [-0.3, -0.25) is 14.4 Å². The Bertz CT molecular complexity index is 1110. The van der Waals surface area contributed by atoms with E-state index in [1.54, 1.807) is 18.2 Å². The maximum absolute atomic E-state index is 12.6. The van der Waals surface area contributed by atoms with E-state index in [9.17, 15) is 14.4 Å². The standard InChI is InChI=1S/C22H19Br2N3O5/c1-31-19(28)11-25-21(29)15-8-7-14(26-22(30)17-10-16(23)20(24)27-17)9-18(15)32-12-13-5-3-2-4-6-13/h2-10,27H,11-12H2,1H3,(H,25,29)(H,26,30). The van der Waals surface area contributed by atoms with E-state index in [0.29, 0.717) is 20.5 Å². The highest BCUT2D eigenvalue weighted by Crippen LogP contribution is 2.27. The number of aromatic nitrogens is 1. The molecule has 1 heterocycles. The lowest BCUT2D eigenvalue weighted by Crippen LogP contribution is -2.30. The van der Waals surface area contributed by atoms with Crippen LogP contribution >= 0.6 is 31.9 Å². The summed E-state index contributed by atoms with van der Waals surface area (Å²) >= 11 is 6.62. The van der Waals surface area contributed by atoms with Gasteiger partial charge >= 0.3 is 5.97 Å². The van der Waals surface area contributed by atoms with Crippen LogP contribution in [-0.4, -0.2) is 36.4 Å². The molecule has 10 heteroatoms. The van der Waals surface area contributed by atoms with E-state index in [-0.39, 0.29) is 30.4 Å². The molecule has 0 radical (unpaired) electrons. The van der Waals surface area contributed by atoms with Gasteiger partial charge in [-0.05, 0) is 55.6 Å². The van der Waals surface area contributed by atoms with Crippen molar-refractivity contribution < 1.29 is 23.9 Å². The average molecular weight is 565 g/mol. The van der Waals surface area contributed by atoms with Crippen molar-refractivity contribution in [1.29, 1.82) is 0 Å². The number of rotatable bonds is 8. The van der Waals surface area contributed by atoms with E-state index < -0.39 is 11.9 Å². The van der Waals surface area contributed by atoms with Crippen LogP contribution in [0.4, 0.5) is 5.69 Å². The largest absolute Gasteiger partial charge is 0.488 e. The maximum Gasteiger partial charge on any atom is 0.325 e. The molecule has 0 spiro atoms. The lowest BCUT2D eigenvalue weighted by molar-refractivity contribution is -0.139. The SMILES string of the molecule is COC(=O)CNC(=O)c1ccc(NC(=O)c2cc(Br)c(Br)[nH]2)cc1OCc1ccccc1. The van der Waals surface area contributed by atoms with Gasteiger partial charge < -0.3 is 25.1 Å². The van der Waals surface area contributed by atoms with E-state index in [4.69, 9.17) is 4.74 Å². The van der Waals surface area contributed by atoms with Crippen LogP contribution in [0.25, 0.3) is 0 Å². The summed E-state index contributed by atoms with van der Waals surface area (Å²) < 4.78 is 11.8. The van der Waals surface area contributed by atoms with Crippen molar-refractivity contribution in [2.24, 2.45) is 0 Å². The molecule has 0 saturated carbocycles. The number of nitrogens with one attached hydrogen (secondary N) is 3. The van der Waals surface area contributed by atoms with Crippen molar-refractivity contribution in [3.05, 3.63) is 80.5 Å². The fourth-order valence-electron chi connectivity index (χ4n) is 2.69. The minimum absolute atomic E-state index is 0.214. The minimum Gasteiger partial charge on any atom is -0.488 e. The van der Waals surface area contributed by atoms with Crippen molar-refractivity contribution >= 4 is 55.3 Å². The summed E-state index contributed by atoms with van der Waals surface area (Å²) in [6, 6.07) is 15.7. The van der Waals surface area contributed by atoms with E-state index >= 15 is 0 Å². The number of carbonyl (C=O) groups excluding carboxylic acids is 3. The zero-order chi connectivity index (χ0) is 23.1. The van der Waals surface area contributed by atoms with Crippen LogP contribution in [0.5, 0.6) is 5.75 Å². The van der Waals surface area contributed by atoms with Crippen molar-refractivity contribution in [2.45, 2.75) is 6.61 Å². The van der Waals surface area contributed by atoms with Gasteiger partial charge in [0.1, 0.15) is 24.6 Å². The molecule has 2 aromatic carbocycles. The topological polar surface area (TPSA) is 110 Å². The highest BCUT2D eigenvalue weighted by Gasteiger charge is 2.17. The second-order valence-corrected chi connectivity index (χ2v) is 8.19. The molecule has 0 aliphatic carbocycles. The highest BCUT2D eigenvalue weighted by atomic mass is 79.9. The normalized spacial score (nSPS) is 10.3. The smallest absolute Gasteiger partial charge is 0.325 e. The highest BCUT2D eigenvalue weighted by molar-refractivity contribution is 9.13. The molecule has 3 aromatic rings. The van der Waals surface area contributed by atoms with Crippen molar-refractivity contribution in [1.82, 2.24) is 10.3 Å². The Labute approximate surface area is 200 Å². The molecule has 0 saturated heterocycles. The van der Waals surface area contributed by atoms with Crippen LogP contribution in [0.1, 0.15) is 26.4 Å². The van der Waals surface area contributed by atoms with Crippen LogP contribution in [0.2, 0.25) is 0 Å². The molecule has 0 unspecified atom stereocenters. The monoisotopic (exact) mass is 563 g/mol. The average Bonchev–Trinajstić information content (AvgIpc) is 3.15. The Balaban J connectivity index is 1.81. The van der Waals surface area contributed by atoms with Gasteiger partial charge in [-0.15, -0.1) is 0 Å². The fourth-order valence-corrected chi connectivity index (χ4v) is 3.34. The number of hydrogen-bond acceptors (Lipinski definition) is 5. The first-order chi connectivity index (χ1) is 15.4. The third kappa shape index (κ3) is 6.21. The Morgan fingerprint density at radius 3 is 2.41 bits per heavy atom. The molecular weight excluding hydrogens is 546 g/mol. The fraction of sp³-hybridized carbons (Fsp3) is 0.136. The number of carbonyl (C=O) groups is 3. The first-order valence-corrected chi connectivity index (χ1v) is 11.0. The third-order valence-corrected chi connectivity index (χ3v) is 6.09. The molecule has 8 nitrogen and oxygen atoms in total. The van der Waals surface area contributed by atoms with Crippen molar-refractivity contribution in [2.75, 3.05) is 19.0 Å². The van der Waals surface area contributed by atoms with E-state index in [0.717, 1.165) is 5.56 Å². The Hall–Kier alpha value is -3.11. The molecule has 0 atom stereocenters. The molecule has 32 heavy (non-hydrogen) atoms. The first-order valence-electron chi connectivity index (χ1n) is 9.38. The molecule has 166 valence electrons. The molecule has 2 amide bonds. The Morgan fingerprint density at radius 1 is 1.00 bits per heavy atom. The van der Waals surface area contributed by atoms with Gasteiger partial charge in [0, 0.05) is 11.8 Å². The van der Waals surface area contributed by atoms with Crippen LogP contribution < -0.4 is 15.4 Å². The predicted molar refractivity (Wildman–Crippen MR) is 126 cm³/mol. The number of ether oxygens (including phenoxy) is 2. The molecular formula is C22H19Br2N3O5. The molecule has 0 aliphatic rings. The van der Waals surface area contributed by atoms with Crippen molar-refractivity contribution in [3.8, 4) is 5.75 Å². The van der Waals surface area contributed by atoms with Crippen LogP contribution in [0.15, 0.2) is 63.7 Å². The number of H-pyrrole nitrogens is 1. The minimum atomic E-state index is -0.572. The summed E-state index contributed by atoms with van der Waals surface area (Å²) in [7, 11) is 1.24. The predicted octanol–water partition coefficient (Wildman–Crippen LogP) is 4.27. The Morgan fingerprint density at radius 2 is 1.75 bits per heavy atom. The number of benzene rings is 2. The summed E-state index contributed by atoms with van der Waals surface area (Å²) in [6.45, 7) is -0.0609. The first kappa shape index (κ1) is 23.6. The Kier molecular flexibility index (Phi) is 8.07. The second kappa shape index (κ2) is 11.0. The van der Waals surface area contributed by atoms with Gasteiger partial charge in [0.15, 0.2) is 0 Å². The van der Waals surface area contributed by atoms with E-state index in [1.807, 2.05) is 30.3 Å². The van der Waals surface area contributed by atoms with Gasteiger partial charge in [0.05, 0.1) is 21.7 Å². The second-order valence-electron chi connectivity index (χ2n) is 6.54. The van der Waals surface area contributed by atoms with Crippen LogP contribution in [0, 0.1) is 0 Å². The number of anilines is 1. The summed E-state index contributed by atoms with van der Waals surface area (Å²) in [5.74, 6) is -1.19. The van der Waals surface area contributed by atoms with Gasteiger partial charge in [-0.1, -0.05) is 30.3 Å². The molecule has 0 aliphatic heterocycles. The quantitative estimate of drug-likeness (QED) is 0.354. The number of hydrogen-bond donors (Lipinski definition) is 3. The summed E-state index contributed by atoms with van der Waals surface area (Å²) in [4.78, 5) is 39.4. The molecule has 1 aromatic heterocycles. The zero-order valence-electron chi connectivity index (χ0n) is 16.9. The van der Waals surface area contributed by atoms with Gasteiger partial charge in [-0.2, -0.15) is 0 Å². The lowest BCUT2D eigenvalue weighted by Gasteiger charge is -2.14. The maximum atomic E-state index is 12.6. The van der Waals surface area contributed by atoms with Crippen LogP contribution in [-0.2, 0) is 16.1 Å². The third-order valence-electron chi connectivity index (χ3n) is 4.31. The van der Waals surface area contributed by atoms with E-state index in [1.165, 1.54) is 13.2 Å².